The fraction of sp³-hybridized carbons (Fsp3) is 0.500. The molecule has 0 aromatic rings. The van der Waals surface area contributed by atoms with Crippen LogP contribution in [0.4, 0.5) is 0 Å². The minimum absolute atomic E-state index is 0.523. The Morgan fingerprint density at radius 2 is 2.31 bits per heavy atom. The van der Waals surface area contributed by atoms with Crippen LogP contribution in [0.5, 0.6) is 0 Å². The molecule has 1 unspecified atom stereocenters. The van der Waals surface area contributed by atoms with Gasteiger partial charge in [-0.2, -0.15) is 0 Å². The summed E-state index contributed by atoms with van der Waals surface area (Å²) >= 11 is 0. The van der Waals surface area contributed by atoms with Crippen LogP contribution in [0.3, 0.4) is 0 Å². The molecule has 0 aromatic carbocycles. The molecular weight excluding hydrogens is 158 g/mol. The Labute approximate surface area is 79.2 Å². The average Bonchev–Trinajstić information content (AvgIpc) is 2.65. The van der Waals surface area contributed by atoms with Gasteiger partial charge in [0.05, 0.1) is 6.04 Å². The van der Waals surface area contributed by atoms with Gasteiger partial charge in [0.15, 0.2) is 0 Å². The van der Waals surface area contributed by atoms with Crippen molar-refractivity contribution in [3.63, 3.8) is 0 Å². The Morgan fingerprint density at radius 3 is 3.31 bits per heavy atom. The van der Waals surface area contributed by atoms with E-state index >= 15 is 0 Å². The SMILES string of the molecule is C1=CC2=C3CCC[C@@H]3CNC2C=C1. The molecule has 3 aliphatic rings. The van der Waals surface area contributed by atoms with E-state index in [4.69, 9.17) is 0 Å². The molecule has 0 saturated heterocycles. The first-order valence-electron chi connectivity index (χ1n) is 5.26. The van der Waals surface area contributed by atoms with Crippen molar-refractivity contribution in [2.45, 2.75) is 25.3 Å². The Hall–Kier alpha value is -0.820. The lowest BCUT2D eigenvalue weighted by atomic mass is 9.87. The van der Waals surface area contributed by atoms with Gasteiger partial charge in [-0.05, 0) is 30.8 Å². The molecule has 1 nitrogen and oxygen atoms in total. The molecular formula is C12H15N. The molecule has 0 bridgehead atoms. The van der Waals surface area contributed by atoms with Gasteiger partial charge in [0.1, 0.15) is 0 Å². The summed E-state index contributed by atoms with van der Waals surface area (Å²) in [4.78, 5) is 0. The smallest absolute Gasteiger partial charge is 0.0509 e. The van der Waals surface area contributed by atoms with E-state index in [0.717, 1.165) is 5.92 Å². The van der Waals surface area contributed by atoms with Crippen LogP contribution in [-0.4, -0.2) is 12.6 Å². The Balaban J connectivity index is 2.05. The minimum atomic E-state index is 0.523. The van der Waals surface area contributed by atoms with Crippen LogP contribution in [0.15, 0.2) is 35.5 Å². The molecule has 0 radical (unpaired) electrons. The summed E-state index contributed by atoms with van der Waals surface area (Å²) < 4.78 is 0. The third-order valence-electron chi connectivity index (χ3n) is 3.47. The molecule has 1 N–H and O–H groups in total. The van der Waals surface area contributed by atoms with Crippen LogP contribution in [-0.2, 0) is 0 Å². The molecule has 1 fully saturated rings. The molecule has 0 amide bonds. The second-order valence-corrected chi connectivity index (χ2v) is 4.20. The second-order valence-electron chi connectivity index (χ2n) is 4.20. The van der Waals surface area contributed by atoms with Crippen LogP contribution in [0, 0.1) is 5.92 Å². The van der Waals surface area contributed by atoms with Gasteiger partial charge in [0.2, 0.25) is 0 Å². The van der Waals surface area contributed by atoms with Crippen molar-refractivity contribution in [3.05, 3.63) is 35.5 Å². The highest BCUT2D eigenvalue weighted by molar-refractivity contribution is 5.43. The van der Waals surface area contributed by atoms with Gasteiger partial charge in [0, 0.05) is 6.54 Å². The zero-order valence-electron chi connectivity index (χ0n) is 7.79. The molecule has 2 aliphatic carbocycles. The van der Waals surface area contributed by atoms with Crippen molar-refractivity contribution in [3.8, 4) is 0 Å². The molecule has 1 heteroatoms. The van der Waals surface area contributed by atoms with Gasteiger partial charge >= 0.3 is 0 Å². The first kappa shape index (κ1) is 7.57. The van der Waals surface area contributed by atoms with Gasteiger partial charge < -0.3 is 5.32 Å². The van der Waals surface area contributed by atoms with Gasteiger partial charge in [-0.1, -0.05) is 29.9 Å². The third kappa shape index (κ3) is 1.11. The lowest BCUT2D eigenvalue weighted by molar-refractivity contribution is 0.497. The van der Waals surface area contributed by atoms with E-state index < -0.39 is 0 Å². The largest absolute Gasteiger partial charge is 0.306 e. The summed E-state index contributed by atoms with van der Waals surface area (Å²) in [5.74, 6) is 0.849. The molecule has 3 rings (SSSR count). The highest BCUT2D eigenvalue weighted by atomic mass is 14.9. The highest BCUT2D eigenvalue weighted by Gasteiger charge is 2.30. The first-order valence-corrected chi connectivity index (χ1v) is 5.26. The molecule has 2 atom stereocenters. The van der Waals surface area contributed by atoms with Crippen LogP contribution in [0.25, 0.3) is 0 Å². The van der Waals surface area contributed by atoms with E-state index in [1.54, 1.807) is 11.1 Å². The lowest BCUT2D eigenvalue weighted by Crippen LogP contribution is -2.38. The predicted molar refractivity (Wildman–Crippen MR) is 54.4 cm³/mol. The molecule has 13 heavy (non-hydrogen) atoms. The maximum Gasteiger partial charge on any atom is 0.0509 e. The van der Waals surface area contributed by atoms with E-state index in [0.29, 0.717) is 6.04 Å². The molecule has 0 aromatic heterocycles. The summed E-state index contributed by atoms with van der Waals surface area (Å²) in [6.07, 6.45) is 13.0. The number of nitrogens with one attached hydrogen (secondary N) is 1. The van der Waals surface area contributed by atoms with Crippen molar-refractivity contribution in [1.82, 2.24) is 5.32 Å². The highest BCUT2D eigenvalue weighted by Crippen LogP contribution is 2.37. The molecule has 68 valence electrons. The third-order valence-corrected chi connectivity index (χ3v) is 3.47. The van der Waals surface area contributed by atoms with Crippen molar-refractivity contribution in [1.29, 1.82) is 0 Å². The van der Waals surface area contributed by atoms with Crippen molar-refractivity contribution in [2.75, 3.05) is 6.54 Å². The van der Waals surface area contributed by atoms with Crippen LogP contribution < -0.4 is 5.32 Å². The average molecular weight is 173 g/mol. The molecule has 1 aliphatic heterocycles. The quantitative estimate of drug-likeness (QED) is 0.592. The van der Waals surface area contributed by atoms with Crippen LogP contribution in [0.2, 0.25) is 0 Å². The summed E-state index contributed by atoms with van der Waals surface area (Å²) in [5, 5.41) is 3.60. The van der Waals surface area contributed by atoms with Gasteiger partial charge in [0.25, 0.3) is 0 Å². The van der Waals surface area contributed by atoms with E-state index in [-0.39, 0.29) is 0 Å². The van der Waals surface area contributed by atoms with Crippen molar-refractivity contribution >= 4 is 0 Å². The molecule has 0 spiro atoms. The maximum absolute atomic E-state index is 3.60. The van der Waals surface area contributed by atoms with Crippen LogP contribution >= 0.6 is 0 Å². The van der Waals surface area contributed by atoms with E-state index in [1.807, 2.05) is 0 Å². The van der Waals surface area contributed by atoms with Gasteiger partial charge in [-0.15, -0.1) is 0 Å². The minimum Gasteiger partial charge on any atom is -0.306 e. The normalized spacial score (nSPS) is 36.3. The molecule has 1 saturated carbocycles. The first-order chi connectivity index (χ1) is 6.45. The lowest BCUT2D eigenvalue weighted by Gasteiger charge is -2.30. The van der Waals surface area contributed by atoms with E-state index in [2.05, 4.69) is 29.6 Å². The van der Waals surface area contributed by atoms with Crippen LogP contribution in [0.1, 0.15) is 19.3 Å². The zero-order valence-corrected chi connectivity index (χ0v) is 7.79. The van der Waals surface area contributed by atoms with E-state index in [9.17, 15) is 0 Å². The summed E-state index contributed by atoms with van der Waals surface area (Å²) in [7, 11) is 0. The number of rotatable bonds is 0. The fourth-order valence-electron chi connectivity index (χ4n) is 2.82. The topological polar surface area (TPSA) is 12.0 Å². The Bertz CT molecular complexity index is 309. The van der Waals surface area contributed by atoms with Gasteiger partial charge in [-0.25, -0.2) is 0 Å². The maximum atomic E-state index is 3.60. The van der Waals surface area contributed by atoms with Crippen molar-refractivity contribution < 1.29 is 0 Å². The molecule has 1 heterocycles. The Kier molecular flexibility index (Phi) is 1.66. The van der Waals surface area contributed by atoms with E-state index in [1.165, 1.54) is 25.8 Å². The number of allylic oxidation sites excluding steroid dienone is 2. The standard InChI is InChI=1S/C12H15N/c1-2-7-12-11(5-1)10-6-3-4-9(10)8-13-12/h1-2,5,7,9,12-13H,3-4,6,8H2/t9-,12?/m1/s1. The number of hydrogen-bond donors (Lipinski definition) is 1. The summed E-state index contributed by atoms with van der Waals surface area (Å²) in [5.41, 5.74) is 3.31. The number of hydrogen-bond acceptors (Lipinski definition) is 1. The zero-order chi connectivity index (χ0) is 8.67. The second kappa shape index (κ2) is 2.85. The fourth-order valence-corrected chi connectivity index (χ4v) is 2.82. The monoisotopic (exact) mass is 173 g/mol. The van der Waals surface area contributed by atoms with Crippen molar-refractivity contribution in [2.24, 2.45) is 5.92 Å². The summed E-state index contributed by atoms with van der Waals surface area (Å²) in [6, 6.07) is 0.523. The number of fused-ring (bicyclic) bond motifs is 2. The predicted octanol–water partition coefficient (Wildman–Crippen LogP) is 2.18. The Morgan fingerprint density at radius 1 is 1.31 bits per heavy atom. The van der Waals surface area contributed by atoms with Gasteiger partial charge in [-0.3, -0.25) is 0 Å². The summed E-state index contributed by atoms with van der Waals surface area (Å²) in [6.45, 7) is 1.20.